The van der Waals surface area contributed by atoms with Gasteiger partial charge in [0.1, 0.15) is 0 Å². The van der Waals surface area contributed by atoms with Gasteiger partial charge in [0.05, 0.1) is 11.8 Å². The Morgan fingerprint density at radius 2 is 1.93 bits per heavy atom. The van der Waals surface area contributed by atoms with E-state index in [4.69, 9.17) is 5.73 Å². The molecule has 2 saturated heterocycles. The van der Waals surface area contributed by atoms with E-state index >= 15 is 0 Å². The molecular formula is C17H33Cl2N5O3. The maximum absolute atomic E-state index is 12.8. The van der Waals surface area contributed by atoms with Gasteiger partial charge in [-0.2, -0.15) is 0 Å². The van der Waals surface area contributed by atoms with Crippen LogP contribution in [0.5, 0.6) is 0 Å². The maximum atomic E-state index is 12.8. The van der Waals surface area contributed by atoms with Crippen LogP contribution in [0, 0.1) is 11.8 Å². The summed E-state index contributed by atoms with van der Waals surface area (Å²) in [5.74, 6) is -0.420. The van der Waals surface area contributed by atoms with Crippen LogP contribution in [0.15, 0.2) is 0 Å². The number of nitrogens with one attached hydrogen (secondary N) is 1. The van der Waals surface area contributed by atoms with Gasteiger partial charge in [0.2, 0.25) is 17.7 Å². The van der Waals surface area contributed by atoms with Gasteiger partial charge in [-0.3, -0.25) is 14.4 Å². The Balaban J connectivity index is 0.00000338. The zero-order valence-corrected chi connectivity index (χ0v) is 17.8. The van der Waals surface area contributed by atoms with Gasteiger partial charge in [0, 0.05) is 52.2 Å². The summed E-state index contributed by atoms with van der Waals surface area (Å²) in [6.45, 7) is 3.92. The average Bonchev–Trinajstić information content (AvgIpc) is 2.98. The Labute approximate surface area is 174 Å². The number of carbonyl (C=O) groups is 3. The number of carbonyl (C=O) groups excluding carboxylic acids is 3. The molecule has 0 radical (unpaired) electrons. The normalized spacial score (nSPS) is 22.3. The van der Waals surface area contributed by atoms with Crippen LogP contribution >= 0.6 is 24.8 Å². The quantitative estimate of drug-likeness (QED) is 0.575. The van der Waals surface area contributed by atoms with Gasteiger partial charge in [0.25, 0.3) is 0 Å². The third-order valence-electron chi connectivity index (χ3n) is 4.93. The summed E-state index contributed by atoms with van der Waals surface area (Å²) >= 11 is 0. The smallest absolute Gasteiger partial charge is 0.228 e. The van der Waals surface area contributed by atoms with Crippen LogP contribution in [0.25, 0.3) is 0 Å². The number of halogens is 2. The zero-order chi connectivity index (χ0) is 18.4. The number of nitrogens with two attached hydrogens (primary N) is 1. The molecule has 3 amide bonds. The van der Waals surface area contributed by atoms with Gasteiger partial charge < -0.3 is 25.8 Å². The van der Waals surface area contributed by atoms with Crippen LogP contribution < -0.4 is 11.1 Å². The molecule has 2 aliphatic rings. The molecule has 2 fully saturated rings. The summed E-state index contributed by atoms with van der Waals surface area (Å²) in [6, 6.07) is 0. The molecule has 27 heavy (non-hydrogen) atoms. The molecule has 2 rings (SSSR count). The van der Waals surface area contributed by atoms with Crippen LogP contribution in [0.1, 0.15) is 19.3 Å². The SMILES string of the molecule is CN(C)CCN1CC(C(=O)N2CCCC(C(=O)NCCN)C2)CC1=O.Cl.Cl. The van der Waals surface area contributed by atoms with Crippen LogP contribution in [0.4, 0.5) is 0 Å². The summed E-state index contributed by atoms with van der Waals surface area (Å²) in [5, 5.41) is 2.80. The van der Waals surface area contributed by atoms with Gasteiger partial charge in [0.15, 0.2) is 0 Å². The highest BCUT2D eigenvalue weighted by molar-refractivity contribution is 5.90. The number of likely N-dealkylation sites (N-methyl/N-ethyl adjacent to an activating group) is 1. The molecule has 0 bridgehead atoms. The van der Waals surface area contributed by atoms with Crippen molar-refractivity contribution in [2.24, 2.45) is 17.6 Å². The van der Waals surface area contributed by atoms with E-state index in [-0.39, 0.29) is 60.8 Å². The maximum Gasteiger partial charge on any atom is 0.228 e. The Morgan fingerprint density at radius 3 is 2.56 bits per heavy atom. The van der Waals surface area contributed by atoms with Gasteiger partial charge in [-0.05, 0) is 26.9 Å². The lowest BCUT2D eigenvalue weighted by molar-refractivity contribution is -0.139. The predicted molar refractivity (Wildman–Crippen MR) is 109 cm³/mol. The van der Waals surface area contributed by atoms with Crippen LogP contribution in [0.3, 0.4) is 0 Å². The topological polar surface area (TPSA) is 99.0 Å². The Morgan fingerprint density at radius 1 is 1.22 bits per heavy atom. The van der Waals surface area contributed by atoms with Crippen molar-refractivity contribution < 1.29 is 14.4 Å². The molecule has 0 aliphatic carbocycles. The minimum Gasteiger partial charge on any atom is -0.355 e. The highest BCUT2D eigenvalue weighted by Crippen LogP contribution is 2.24. The number of piperidine rings is 1. The fourth-order valence-corrected chi connectivity index (χ4v) is 3.46. The number of rotatable bonds is 7. The molecular weight excluding hydrogens is 393 g/mol. The number of hydrogen-bond donors (Lipinski definition) is 2. The van der Waals surface area contributed by atoms with Crippen molar-refractivity contribution in [3.05, 3.63) is 0 Å². The second kappa shape index (κ2) is 12.4. The summed E-state index contributed by atoms with van der Waals surface area (Å²) < 4.78 is 0. The lowest BCUT2D eigenvalue weighted by Gasteiger charge is -2.33. The first-order valence-electron chi connectivity index (χ1n) is 9.11. The van der Waals surface area contributed by atoms with E-state index in [2.05, 4.69) is 5.32 Å². The van der Waals surface area contributed by atoms with Gasteiger partial charge in [-0.25, -0.2) is 0 Å². The fourth-order valence-electron chi connectivity index (χ4n) is 3.46. The summed E-state index contributed by atoms with van der Waals surface area (Å²) in [5.41, 5.74) is 5.42. The number of likely N-dealkylation sites (tertiary alicyclic amines) is 2. The second-order valence-corrected chi connectivity index (χ2v) is 7.25. The third-order valence-corrected chi connectivity index (χ3v) is 4.93. The minimum atomic E-state index is -0.277. The molecule has 2 aliphatic heterocycles. The zero-order valence-electron chi connectivity index (χ0n) is 16.2. The first-order chi connectivity index (χ1) is 11.9. The molecule has 0 aromatic carbocycles. The highest BCUT2D eigenvalue weighted by atomic mass is 35.5. The molecule has 158 valence electrons. The second-order valence-electron chi connectivity index (χ2n) is 7.25. The molecule has 2 heterocycles. The molecule has 3 N–H and O–H groups in total. The number of hydrogen-bond acceptors (Lipinski definition) is 5. The first-order valence-corrected chi connectivity index (χ1v) is 9.11. The summed E-state index contributed by atoms with van der Waals surface area (Å²) in [6.07, 6.45) is 1.89. The predicted octanol–water partition coefficient (Wildman–Crippen LogP) is -0.446. The first kappa shape index (κ1) is 25.9. The molecule has 2 atom stereocenters. The van der Waals surface area contributed by atoms with E-state index in [9.17, 15) is 14.4 Å². The largest absolute Gasteiger partial charge is 0.355 e. The van der Waals surface area contributed by atoms with Crippen molar-refractivity contribution >= 4 is 42.5 Å². The molecule has 0 spiro atoms. The van der Waals surface area contributed by atoms with Crippen LogP contribution in [-0.4, -0.2) is 92.3 Å². The van der Waals surface area contributed by atoms with Crippen LogP contribution in [-0.2, 0) is 14.4 Å². The third kappa shape index (κ3) is 7.44. The lowest BCUT2D eigenvalue weighted by Crippen LogP contribution is -2.48. The highest BCUT2D eigenvalue weighted by Gasteiger charge is 2.38. The molecule has 2 unspecified atom stereocenters. The van der Waals surface area contributed by atoms with Gasteiger partial charge in [-0.1, -0.05) is 0 Å². The van der Waals surface area contributed by atoms with E-state index in [0.29, 0.717) is 39.3 Å². The van der Waals surface area contributed by atoms with E-state index in [1.807, 2.05) is 19.0 Å². The molecule has 0 aromatic heterocycles. The number of amides is 3. The van der Waals surface area contributed by atoms with Gasteiger partial charge in [-0.15, -0.1) is 24.8 Å². The minimum absolute atomic E-state index is 0. The Kier molecular flexibility index (Phi) is 11.9. The van der Waals surface area contributed by atoms with E-state index in [0.717, 1.165) is 19.4 Å². The summed E-state index contributed by atoms with van der Waals surface area (Å²) in [4.78, 5) is 42.6. The molecule has 8 nitrogen and oxygen atoms in total. The van der Waals surface area contributed by atoms with E-state index < -0.39 is 0 Å². The fraction of sp³-hybridized carbons (Fsp3) is 0.824. The van der Waals surface area contributed by atoms with Crippen molar-refractivity contribution in [1.82, 2.24) is 20.0 Å². The average molecular weight is 426 g/mol. The van der Waals surface area contributed by atoms with E-state index in [1.165, 1.54) is 0 Å². The van der Waals surface area contributed by atoms with Crippen molar-refractivity contribution in [3.63, 3.8) is 0 Å². The molecule has 10 heteroatoms. The molecule has 0 saturated carbocycles. The van der Waals surface area contributed by atoms with Gasteiger partial charge >= 0.3 is 0 Å². The van der Waals surface area contributed by atoms with Crippen molar-refractivity contribution in [2.75, 3.05) is 59.9 Å². The van der Waals surface area contributed by atoms with Crippen LogP contribution in [0.2, 0.25) is 0 Å². The van der Waals surface area contributed by atoms with Crippen molar-refractivity contribution in [3.8, 4) is 0 Å². The Bertz CT molecular complexity index is 507. The van der Waals surface area contributed by atoms with Crippen molar-refractivity contribution in [2.45, 2.75) is 19.3 Å². The number of nitrogens with zero attached hydrogens (tertiary/aromatic N) is 3. The van der Waals surface area contributed by atoms with Crippen molar-refractivity contribution in [1.29, 1.82) is 0 Å². The lowest BCUT2D eigenvalue weighted by atomic mass is 9.95. The monoisotopic (exact) mass is 425 g/mol. The Hall–Kier alpha value is -1.09. The summed E-state index contributed by atoms with van der Waals surface area (Å²) in [7, 11) is 3.93. The van der Waals surface area contributed by atoms with E-state index in [1.54, 1.807) is 9.80 Å². The standard InChI is InChI=1S/C17H31N5O3.2ClH/c1-20(2)8-9-21-12-14(10-15(21)23)17(25)22-7-3-4-13(11-22)16(24)19-6-5-18;;/h13-14H,3-12,18H2,1-2H3,(H,19,24);2*1H. The molecule has 0 aromatic rings.